The van der Waals surface area contributed by atoms with Gasteiger partial charge >= 0.3 is 0 Å². The van der Waals surface area contributed by atoms with Gasteiger partial charge in [-0.05, 0) is 42.5 Å². The Bertz CT molecular complexity index is 1360. The van der Waals surface area contributed by atoms with E-state index >= 15 is 0 Å². The smallest absolute Gasteiger partial charge is 0.145 e. The van der Waals surface area contributed by atoms with Gasteiger partial charge < -0.3 is 0 Å². The van der Waals surface area contributed by atoms with Crippen LogP contribution in [0.1, 0.15) is 36.6 Å². The van der Waals surface area contributed by atoms with Crippen LogP contribution in [-0.4, -0.2) is 9.38 Å². The summed E-state index contributed by atoms with van der Waals surface area (Å²) < 4.78 is 2.26. The minimum Gasteiger partial charge on any atom is -0.299 e. The predicted octanol–water partition coefficient (Wildman–Crippen LogP) is 7.05. The van der Waals surface area contributed by atoms with Crippen LogP contribution in [0, 0.1) is 13.8 Å². The number of nitrogens with zero attached hydrogens (tertiary/aromatic N) is 2. The van der Waals surface area contributed by atoms with Crippen molar-refractivity contribution in [1.29, 1.82) is 0 Å². The number of benzene rings is 3. The van der Waals surface area contributed by atoms with Crippen molar-refractivity contribution in [2.24, 2.45) is 0 Å². The lowest BCUT2D eigenvalue weighted by molar-refractivity contribution is 0.834. The quantitative estimate of drug-likeness (QED) is 0.307. The first kappa shape index (κ1) is 17.0. The third-order valence-corrected chi connectivity index (χ3v) is 5.73. The topological polar surface area (TPSA) is 17.3 Å². The Labute approximate surface area is 165 Å². The van der Waals surface area contributed by atoms with Gasteiger partial charge in [-0.2, -0.15) is 0 Å². The van der Waals surface area contributed by atoms with Crippen LogP contribution in [0.4, 0.5) is 0 Å². The summed E-state index contributed by atoms with van der Waals surface area (Å²) in [6.45, 7) is 8.76. The van der Waals surface area contributed by atoms with Gasteiger partial charge in [0.15, 0.2) is 0 Å². The molecule has 3 aromatic carbocycles. The highest BCUT2D eigenvalue weighted by molar-refractivity contribution is 6.17. The van der Waals surface area contributed by atoms with E-state index < -0.39 is 0 Å². The molecule has 2 aromatic heterocycles. The number of aromatic nitrogens is 2. The molecule has 0 N–H and O–H groups in total. The molecule has 28 heavy (non-hydrogen) atoms. The van der Waals surface area contributed by atoms with Gasteiger partial charge in [-0.3, -0.25) is 4.40 Å². The summed E-state index contributed by atoms with van der Waals surface area (Å²) >= 11 is 0. The summed E-state index contributed by atoms with van der Waals surface area (Å²) in [7, 11) is 0. The van der Waals surface area contributed by atoms with E-state index in [1.54, 1.807) is 0 Å². The zero-order valence-corrected chi connectivity index (χ0v) is 16.8. The standard InChI is InChI=1S/C26H24N2/c1-16(2)23-15-28-24-11-6-5-8-21(24)25-20(9-7-10-22(25)26(28)27-23)19-13-12-17(3)14-18(19)4/h5-16H,1-4H3. The van der Waals surface area contributed by atoms with Crippen molar-refractivity contribution >= 4 is 27.3 Å². The molecule has 0 unspecified atom stereocenters. The maximum absolute atomic E-state index is 5.02. The molecule has 2 heterocycles. The molecule has 0 radical (unpaired) electrons. The highest BCUT2D eigenvalue weighted by Gasteiger charge is 2.16. The van der Waals surface area contributed by atoms with Crippen molar-refractivity contribution in [1.82, 2.24) is 9.38 Å². The Kier molecular flexibility index (Phi) is 3.77. The Balaban J connectivity index is 2.00. The Morgan fingerprint density at radius 3 is 2.39 bits per heavy atom. The van der Waals surface area contributed by atoms with Gasteiger partial charge in [0, 0.05) is 22.4 Å². The molecule has 0 aliphatic carbocycles. The average molecular weight is 364 g/mol. The number of hydrogen-bond acceptors (Lipinski definition) is 1. The van der Waals surface area contributed by atoms with Crippen molar-refractivity contribution in [2.45, 2.75) is 33.6 Å². The van der Waals surface area contributed by atoms with Gasteiger partial charge in [-0.1, -0.05) is 74.0 Å². The SMILES string of the molecule is Cc1ccc(-c2cccc3c2c2ccccc2n2cc(C(C)C)nc32)c(C)c1. The van der Waals surface area contributed by atoms with Crippen LogP contribution in [0.25, 0.3) is 38.4 Å². The Morgan fingerprint density at radius 2 is 1.61 bits per heavy atom. The molecule has 5 rings (SSSR count). The monoisotopic (exact) mass is 364 g/mol. The zero-order chi connectivity index (χ0) is 19.4. The molecule has 0 amide bonds. The lowest BCUT2D eigenvalue weighted by Gasteiger charge is -2.14. The van der Waals surface area contributed by atoms with E-state index in [0.29, 0.717) is 5.92 Å². The van der Waals surface area contributed by atoms with E-state index in [2.05, 4.69) is 99.0 Å². The van der Waals surface area contributed by atoms with Crippen molar-refractivity contribution in [3.05, 3.63) is 83.7 Å². The molecule has 0 aliphatic rings. The molecule has 5 aromatic rings. The molecule has 0 bridgehead atoms. The highest BCUT2D eigenvalue weighted by Crippen LogP contribution is 2.38. The van der Waals surface area contributed by atoms with Crippen molar-refractivity contribution in [3.8, 4) is 11.1 Å². The Hall–Kier alpha value is -3.13. The normalized spacial score (nSPS) is 11.9. The summed E-state index contributed by atoms with van der Waals surface area (Å²) in [4.78, 5) is 5.02. The third kappa shape index (κ3) is 2.45. The fourth-order valence-corrected chi connectivity index (χ4v) is 4.31. The molecule has 2 heteroatoms. The van der Waals surface area contributed by atoms with Crippen LogP contribution in [0.2, 0.25) is 0 Å². The second kappa shape index (κ2) is 6.20. The fraction of sp³-hybridized carbons (Fsp3) is 0.192. The summed E-state index contributed by atoms with van der Waals surface area (Å²) in [5.41, 5.74) is 8.57. The lowest BCUT2D eigenvalue weighted by Crippen LogP contribution is -1.93. The van der Waals surface area contributed by atoms with Gasteiger partial charge in [0.2, 0.25) is 0 Å². The van der Waals surface area contributed by atoms with E-state index in [0.717, 1.165) is 11.3 Å². The lowest BCUT2D eigenvalue weighted by atomic mass is 9.92. The summed E-state index contributed by atoms with van der Waals surface area (Å²) in [5, 5.41) is 3.77. The first-order valence-corrected chi connectivity index (χ1v) is 9.94. The Morgan fingerprint density at radius 1 is 0.821 bits per heavy atom. The van der Waals surface area contributed by atoms with Crippen molar-refractivity contribution < 1.29 is 0 Å². The van der Waals surface area contributed by atoms with Crippen LogP contribution >= 0.6 is 0 Å². The average Bonchev–Trinajstić information content (AvgIpc) is 3.14. The number of para-hydroxylation sites is 1. The summed E-state index contributed by atoms with van der Waals surface area (Å²) in [5.74, 6) is 0.399. The molecule has 2 nitrogen and oxygen atoms in total. The maximum Gasteiger partial charge on any atom is 0.145 e. The summed E-state index contributed by atoms with van der Waals surface area (Å²) in [6, 6.07) is 22.0. The minimum absolute atomic E-state index is 0.399. The van der Waals surface area contributed by atoms with Crippen LogP contribution < -0.4 is 0 Å². The van der Waals surface area contributed by atoms with E-state index in [1.807, 2.05) is 0 Å². The molecule has 0 saturated carbocycles. The maximum atomic E-state index is 5.02. The van der Waals surface area contributed by atoms with Crippen molar-refractivity contribution in [2.75, 3.05) is 0 Å². The molecular weight excluding hydrogens is 340 g/mol. The summed E-state index contributed by atoms with van der Waals surface area (Å²) in [6.07, 6.45) is 2.20. The first-order valence-electron chi connectivity index (χ1n) is 9.94. The molecule has 138 valence electrons. The first-order chi connectivity index (χ1) is 13.5. The molecule has 0 aliphatic heterocycles. The molecule has 0 spiro atoms. The number of rotatable bonds is 2. The van der Waals surface area contributed by atoms with Gasteiger partial charge in [0.25, 0.3) is 0 Å². The highest BCUT2D eigenvalue weighted by atomic mass is 15.0. The van der Waals surface area contributed by atoms with E-state index in [-0.39, 0.29) is 0 Å². The van der Waals surface area contributed by atoms with Crippen LogP contribution in [0.15, 0.2) is 66.9 Å². The van der Waals surface area contributed by atoms with Gasteiger partial charge in [-0.15, -0.1) is 0 Å². The minimum atomic E-state index is 0.399. The van der Waals surface area contributed by atoms with E-state index in [1.165, 1.54) is 43.9 Å². The van der Waals surface area contributed by atoms with E-state index in [9.17, 15) is 0 Å². The third-order valence-electron chi connectivity index (χ3n) is 5.73. The number of hydrogen-bond donors (Lipinski definition) is 0. The molecular formula is C26H24N2. The van der Waals surface area contributed by atoms with Crippen LogP contribution in [0.3, 0.4) is 0 Å². The number of aryl methyl sites for hydroxylation is 2. The molecule has 0 saturated heterocycles. The van der Waals surface area contributed by atoms with Crippen molar-refractivity contribution in [3.63, 3.8) is 0 Å². The van der Waals surface area contributed by atoms with E-state index in [4.69, 9.17) is 4.98 Å². The number of fused-ring (bicyclic) bond motifs is 6. The zero-order valence-electron chi connectivity index (χ0n) is 16.8. The fourth-order valence-electron chi connectivity index (χ4n) is 4.31. The van der Waals surface area contributed by atoms with Gasteiger partial charge in [-0.25, -0.2) is 4.98 Å². The van der Waals surface area contributed by atoms with Gasteiger partial charge in [0.05, 0.1) is 11.2 Å². The van der Waals surface area contributed by atoms with Crippen LogP contribution in [0.5, 0.6) is 0 Å². The largest absolute Gasteiger partial charge is 0.299 e. The predicted molar refractivity (Wildman–Crippen MR) is 119 cm³/mol. The van der Waals surface area contributed by atoms with Crippen LogP contribution in [-0.2, 0) is 0 Å². The number of pyridine rings is 1. The molecule has 0 atom stereocenters. The number of imidazole rings is 1. The molecule has 0 fully saturated rings. The second-order valence-corrected chi connectivity index (χ2v) is 8.08. The second-order valence-electron chi connectivity index (χ2n) is 8.08. The van der Waals surface area contributed by atoms with Gasteiger partial charge in [0.1, 0.15) is 5.65 Å².